The number of benzene rings is 2. The molecule has 0 saturated carbocycles. The molecule has 0 bridgehead atoms. The van der Waals surface area contributed by atoms with E-state index in [1.54, 1.807) is 32.0 Å². The van der Waals surface area contributed by atoms with E-state index in [0.717, 1.165) is 22.7 Å². The molecule has 0 aliphatic rings. The molecule has 9 heteroatoms. The number of thiazole rings is 1. The third kappa shape index (κ3) is 6.97. The van der Waals surface area contributed by atoms with Gasteiger partial charge in [-0.3, -0.25) is 0 Å². The number of ether oxygens (including phenoxy) is 1. The van der Waals surface area contributed by atoms with Crippen LogP contribution in [0.2, 0.25) is 5.02 Å². The molecule has 1 aromatic heterocycles. The van der Waals surface area contributed by atoms with Gasteiger partial charge in [0.1, 0.15) is 16.4 Å². The topological polar surface area (TPSA) is 62.6 Å². The SMILES string of the molecule is CC(C)c1nc(-c2ccc(C(F)(F)F)cc2)sc1CCC(O)c1ccc(OC(C)(C)CO)c(Cl)c1. The van der Waals surface area contributed by atoms with Gasteiger partial charge in [-0.1, -0.05) is 43.6 Å². The highest BCUT2D eigenvalue weighted by Gasteiger charge is 2.30. The second-order valence-corrected chi connectivity index (χ2v) is 10.8. The van der Waals surface area contributed by atoms with Crippen molar-refractivity contribution in [3.63, 3.8) is 0 Å². The molecule has 0 aliphatic carbocycles. The number of hydrogen-bond donors (Lipinski definition) is 2. The van der Waals surface area contributed by atoms with Gasteiger partial charge < -0.3 is 14.9 Å². The molecule has 0 fully saturated rings. The predicted molar refractivity (Wildman–Crippen MR) is 133 cm³/mol. The van der Waals surface area contributed by atoms with Crippen molar-refractivity contribution in [3.05, 3.63) is 69.2 Å². The van der Waals surface area contributed by atoms with Crippen molar-refractivity contribution in [3.8, 4) is 16.3 Å². The van der Waals surface area contributed by atoms with E-state index in [0.29, 0.717) is 39.7 Å². The van der Waals surface area contributed by atoms with E-state index in [1.165, 1.54) is 23.5 Å². The summed E-state index contributed by atoms with van der Waals surface area (Å²) in [4.78, 5) is 5.68. The van der Waals surface area contributed by atoms with Gasteiger partial charge in [0.05, 0.1) is 29.0 Å². The number of halogens is 4. The summed E-state index contributed by atoms with van der Waals surface area (Å²) in [7, 11) is 0. The molecule has 1 atom stereocenters. The van der Waals surface area contributed by atoms with Crippen LogP contribution in [0.15, 0.2) is 42.5 Å². The van der Waals surface area contributed by atoms with Gasteiger partial charge in [-0.2, -0.15) is 13.2 Å². The fourth-order valence-electron chi connectivity index (χ4n) is 3.49. The third-order valence-electron chi connectivity index (χ3n) is 5.49. The lowest BCUT2D eigenvalue weighted by atomic mass is 10.0. The Labute approximate surface area is 212 Å². The first-order valence-corrected chi connectivity index (χ1v) is 12.4. The summed E-state index contributed by atoms with van der Waals surface area (Å²) in [5, 5.41) is 21.2. The first kappa shape index (κ1) is 27.5. The van der Waals surface area contributed by atoms with Gasteiger partial charge in [0.15, 0.2) is 0 Å². The van der Waals surface area contributed by atoms with Crippen LogP contribution >= 0.6 is 22.9 Å². The third-order valence-corrected chi connectivity index (χ3v) is 6.96. The molecular formula is C26H29ClF3NO3S. The zero-order chi connectivity index (χ0) is 26.0. The smallest absolute Gasteiger partial charge is 0.416 e. The number of aromatic nitrogens is 1. The van der Waals surface area contributed by atoms with Crippen LogP contribution in [0.1, 0.15) is 67.8 Å². The average Bonchev–Trinajstić information content (AvgIpc) is 3.23. The van der Waals surface area contributed by atoms with Gasteiger partial charge in [-0.05, 0) is 62.4 Å². The van der Waals surface area contributed by atoms with Gasteiger partial charge in [0.25, 0.3) is 0 Å². The molecule has 1 unspecified atom stereocenters. The van der Waals surface area contributed by atoms with Crippen LogP contribution in [0.5, 0.6) is 5.75 Å². The van der Waals surface area contributed by atoms with Gasteiger partial charge >= 0.3 is 6.18 Å². The summed E-state index contributed by atoms with van der Waals surface area (Å²) in [6.07, 6.45) is -4.18. The maximum absolute atomic E-state index is 12.9. The monoisotopic (exact) mass is 527 g/mol. The van der Waals surface area contributed by atoms with E-state index in [4.69, 9.17) is 16.3 Å². The minimum absolute atomic E-state index is 0.127. The summed E-state index contributed by atoms with van der Waals surface area (Å²) in [6.45, 7) is 7.34. The zero-order valence-corrected chi connectivity index (χ0v) is 21.6. The minimum Gasteiger partial charge on any atom is -0.484 e. The molecule has 3 rings (SSSR count). The zero-order valence-electron chi connectivity index (χ0n) is 20.0. The van der Waals surface area contributed by atoms with Crippen molar-refractivity contribution in [2.24, 2.45) is 0 Å². The van der Waals surface area contributed by atoms with E-state index in [1.807, 2.05) is 13.8 Å². The van der Waals surface area contributed by atoms with Crippen molar-refractivity contribution in [2.75, 3.05) is 6.61 Å². The highest BCUT2D eigenvalue weighted by molar-refractivity contribution is 7.15. The van der Waals surface area contributed by atoms with E-state index in [9.17, 15) is 23.4 Å². The number of aryl methyl sites for hydroxylation is 1. The number of aliphatic hydroxyl groups is 2. The Kier molecular flexibility index (Phi) is 8.52. The predicted octanol–water partition coefficient (Wildman–Crippen LogP) is 7.42. The van der Waals surface area contributed by atoms with Gasteiger partial charge in [-0.15, -0.1) is 11.3 Å². The Morgan fingerprint density at radius 2 is 1.74 bits per heavy atom. The molecule has 0 saturated heterocycles. The molecule has 3 aromatic rings. The highest BCUT2D eigenvalue weighted by Crippen LogP contribution is 2.37. The number of nitrogens with zero attached hydrogens (tertiary/aromatic N) is 1. The van der Waals surface area contributed by atoms with E-state index < -0.39 is 23.4 Å². The Hall–Kier alpha value is -2.13. The Bertz CT molecular complexity index is 1140. The number of alkyl halides is 3. The summed E-state index contributed by atoms with van der Waals surface area (Å²) >= 11 is 7.77. The molecule has 190 valence electrons. The number of hydrogen-bond acceptors (Lipinski definition) is 5. The summed E-state index contributed by atoms with van der Waals surface area (Å²) in [5.74, 6) is 0.551. The van der Waals surface area contributed by atoms with Crippen molar-refractivity contribution in [2.45, 2.75) is 64.3 Å². The first-order chi connectivity index (χ1) is 16.3. The normalized spacial score (nSPS) is 13.3. The van der Waals surface area contributed by atoms with E-state index in [-0.39, 0.29) is 12.5 Å². The summed E-state index contributed by atoms with van der Waals surface area (Å²) < 4.78 is 44.4. The second kappa shape index (κ2) is 10.9. The van der Waals surface area contributed by atoms with Crippen LogP contribution in [-0.2, 0) is 12.6 Å². The molecule has 1 heterocycles. The standard InChI is InChI=1S/C26H29ClF3NO3S/c1-15(2)23-22(35-24(31-23)16-5-8-18(9-6-16)26(28,29)30)12-10-20(33)17-7-11-21(19(27)13-17)34-25(3,4)14-32/h5-9,11,13,15,20,32-33H,10,12,14H2,1-4H3. The van der Waals surface area contributed by atoms with Crippen LogP contribution in [0, 0.1) is 0 Å². The van der Waals surface area contributed by atoms with Crippen LogP contribution in [-0.4, -0.2) is 27.4 Å². The molecule has 0 amide bonds. The Morgan fingerprint density at radius 1 is 1.09 bits per heavy atom. The lowest BCUT2D eigenvalue weighted by Crippen LogP contribution is -2.32. The quantitative estimate of drug-likeness (QED) is 0.304. The molecule has 2 N–H and O–H groups in total. The Morgan fingerprint density at radius 3 is 2.29 bits per heavy atom. The van der Waals surface area contributed by atoms with E-state index >= 15 is 0 Å². The molecule has 0 spiro atoms. The molecule has 35 heavy (non-hydrogen) atoms. The highest BCUT2D eigenvalue weighted by atomic mass is 35.5. The maximum Gasteiger partial charge on any atom is 0.416 e. The van der Waals surface area contributed by atoms with Crippen molar-refractivity contribution in [1.82, 2.24) is 4.98 Å². The van der Waals surface area contributed by atoms with Crippen LogP contribution in [0.3, 0.4) is 0 Å². The van der Waals surface area contributed by atoms with Crippen LogP contribution in [0.25, 0.3) is 10.6 Å². The second-order valence-electron chi connectivity index (χ2n) is 9.32. The Balaban J connectivity index is 1.74. The van der Waals surface area contributed by atoms with Gasteiger partial charge in [-0.25, -0.2) is 4.98 Å². The van der Waals surface area contributed by atoms with Crippen molar-refractivity contribution >= 4 is 22.9 Å². The molecule has 4 nitrogen and oxygen atoms in total. The van der Waals surface area contributed by atoms with Crippen LogP contribution in [0.4, 0.5) is 13.2 Å². The maximum atomic E-state index is 12.9. The fourth-order valence-corrected chi connectivity index (χ4v) is 4.96. The first-order valence-electron chi connectivity index (χ1n) is 11.3. The van der Waals surface area contributed by atoms with Crippen LogP contribution < -0.4 is 4.74 Å². The lowest BCUT2D eigenvalue weighted by molar-refractivity contribution is -0.137. The molecular weight excluding hydrogens is 499 g/mol. The van der Waals surface area contributed by atoms with Crippen molar-refractivity contribution < 1.29 is 28.1 Å². The van der Waals surface area contributed by atoms with Gasteiger partial charge in [0, 0.05) is 10.4 Å². The number of rotatable bonds is 9. The molecule has 2 aromatic carbocycles. The summed E-state index contributed by atoms with van der Waals surface area (Å²) in [5.41, 5.74) is 0.673. The van der Waals surface area contributed by atoms with E-state index in [2.05, 4.69) is 4.98 Å². The largest absolute Gasteiger partial charge is 0.484 e. The average molecular weight is 528 g/mol. The summed E-state index contributed by atoms with van der Waals surface area (Å²) in [6, 6.07) is 10.1. The lowest BCUT2D eigenvalue weighted by Gasteiger charge is -2.25. The minimum atomic E-state index is -4.38. The number of aliphatic hydroxyl groups excluding tert-OH is 2. The molecule has 0 aliphatic heterocycles. The van der Waals surface area contributed by atoms with Gasteiger partial charge in [0.2, 0.25) is 0 Å². The van der Waals surface area contributed by atoms with Crippen molar-refractivity contribution in [1.29, 1.82) is 0 Å². The fraction of sp³-hybridized carbons (Fsp3) is 0.423. The molecule has 0 radical (unpaired) electrons.